The summed E-state index contributed by atoms with van der Waals surface area (Å²) in [5, 5.41) is 23.0. The Balaban J connectivity index is 2.22. The average Bonchev–Trinajstić information content (AvgIpc) is 3.02. The molecule has 20 heavy (non-hydrogen) atoms. The lowest BCUT2D eigenvalue weighted by molar-refractivity contribution is 0.273. The fraction of sp³-hybridized carbons (Fsp3) is 0.500. The quantitative estimate of drug-likeness (QED) is 0.647. The first kappa shape index (κ1) is 14.6. The number of hydrogen-bond acceptors (Lipinski definition) is 6. The molecule has 0 unspecified atom stereocenters. The van der Waals surface area contributed by atoms with Gasteiger partial charge in [0, 0.05) is 6.54 Å². The van der Waals surface area contributed by atoms with Gasteiger partial charge in [-0.3, -0.25) is 5.10 Å². The lowest BCUT2D eigenvalue weighted by Crippen LogP contribution is -2.26. The lowest BCUT2D eigenvalue weighted by atomic mass is 10.4. The van der Waals surface area contributed by atoms with Crippen molar-refractivity contribution in [1.29, 1.82) is 0 Å². The van der Waals surface area contributed by atoms with Crippen LogP contribution in [0.2, 0.25) is 0 Å². The maximum atomic E-state index is 12.2. The molecular formula is C10H16N6O3S. The minimum atomic E-state index is -3.78. The number of aliphatic hydroxyl groups excluding tert-OH is 1. The van der Waals surface area contributed by atoms with E-state index in [1.165, 1.54) is 6.33 Å². The molecule has 2 rings (SSSR count). The molecule has 0 bridgehead atoms. The molecule has 0 amide bonds. The Morgan fingerprint density at radius 2 is 2.25 bits per heavy atom. The Kier molecular flexibility index (Phi) is 4.16. The first-order chi connectivity index (χ1) is 9.49. The van der Waals surface area contributed by atoms with Gasteiger partial charge in [-0.2, -0.15) is 5.10 Å². The molecule has 0 aromatic carbocycles. The molecule has 10 heteroatoms. The molecule has 2 aromatic rings. The van der Waals surface area contributed by atoms with Gasteiger partial charge in [0.25, 0.3) is 0 Å². The van der Waals surface area contributed by atoms with Gasteiger partial charge in [0.05, 0.1) is 18.8 Å². The summed E-state index contributed by atoms with van der Waals surface area (Å²) in [6.45, 7) is 3.70. The van der Waals surface area contributed by atoms with Crippen LogP contribution in [-0.4, -0.2) is 38.5 Å². The monoisotopic (exact) mass is 300 g/mol. The highest BCUT2D eigenvalue weighted by Gasteiger charge is 2.24. The van der Waals surface area contributed by atoms with Gasteiger partial charge in [-0.25, -0.2) is 13.1 Å². The van der Waals surface area contributed by atoms with Gasteiger partial charge in [0.2, 0.25) is 10.0 Å². The summed E-state index contributed by atoms with van der Waals surface area (Å²) in [5.41, 5.74) is 0.463. The van der Waals surface area contributed by atoms with Crippen molar-refractivity contribution >= 4 is 10.0 Å². The third kappa shape index (κ3) is 2.71. The zero-order valence-electron chi connectivity index (χ0n) is 11.2. The van der Waals surface area contributed by atoms with Crippen molar-refractivity contribution in [3.63, 3.8) is 0 Å². The number of nitrogens with one attached hydrogen (secondary N) is 2. The van der Waals surface area contributed by atoms with E-state index in [0.29, 0.717) is 18.1 Å². The van der Waals surface area contributed by atoms with Crippen LogP contribution in [0.15, 0.2) is 11.2 Å². The number of H-pyrrole nitrogens is 1. The van der Waals surface area contributed by atoms with Crippen molar-refractivity contribution in [2.75, 3.05) is 0 Å². The fourth-order valence-corrected chi connectivity index (χ4v) is 3.18. The summed E-state index contributed by atoms with van der Waals surface area (Å²) < 4.78 is 28.7. The van der Waals surface area contributed by atoms with Crippen LogP contribution in [0.25, 0.3) is 0 Å². The molecule has 0 spiro atoms. The van der Waals surface area contributed by atoms with Crippen LogP contribution in [0.1, 0.15) is 24.1 Å². The van der Waals surface area contributed by atoms with Gasteiger partial charge in [0.15, 0.2) is 0 Å². The highest BCUT2D eigenvalue weighted by atomic mass is 32.2. The number of aromatic amines is 1. The number of aliphatic hydroxyl groups is 1. The van der Waals surface area contributed by atoms with Gasteiger partial charge >= 0.3 is 0 Å². The number of aromatic nitrogens is 5. The molecule has 3 N–H and O–H groups in total. The van der Waals surface area contributed by atoms with Crippen LogP contribution < -0.4 is 4.72 Å². The second kappa shape index (κ2) is 5.69. The molecule has 0 fully saturated rings. The molecule has 0 aliphatic carbocycles. The Morgan fingerprint density at radius 1 is 1.50 bits per heavy atom. The second-order valence-electron chi connectivity index (χ2n) is 4.14. The summed E-state index contributed by atoms with van der Waals surface area (Å²) in [7, 11) is -3.78. The van der Waals surface area contributed by atoms with E-state index in [1.54, 1.807) is 11.5 Å². The Morgan fingerprint density at radius 3 is 2.90 bits per heavy atom. The van der Waals surface area contributed by atoms with Crippen molar-refractivity contribution in [2.45, 2.75) is 38.4 Å². The Bertz CT molecular complexity index is 690. The SMILES string of the molecule is CCn1cnnc1CNS(=O)(=O)c1c(CO)n[nH]c1C. The van der Waals surface area contributed by atoms with E-state index in [1.807, 2.05) is 6.92 Å². The molecule has 9 nitrogen and oxygen atoms in total. The molecule has 2 heterocycles. The number of rotatable bonds is 6. The van der Waals surface area contributed by atoms with E-state index in [0.717, 1.165) is 0 Å². The van der Waals surface area contributed by atoms with Gasteiger partial charge in [-0.1, -0.05) is 0 Å². The van der Waals surface area contributed by atoms with E-state index in [2.05, 4.69) is 25.1 Å². The van der Waals surface area contributed by atoms with Crippen LogP contribution in [0.3, 0.4) is 0 Å². The van der Waals surface area contributed by atoms with Crippen molar-refractivity contribution in [1.82, 2.24) is 29.7 Å². The van der Waals surface area contributed by atoms with E-state index < -0.39 is 16.6 Å². The molecule has 0 atom stereocenters. The summed E-state index contributed by atoms with van der Waals surface area (Å²) in [4.78, 5) is -0.0254. The highest BCUT2D eigenvalue weighted by Crippen LogP contribution is 2.17. The lowest BCUT2D eigenvalue weighted by Gasteiger charge is -2.07. The number of nitrogens with zero attached hydrogens (tertiary/aromatic N) is 4. The zero-order chi connectivity index (χ0) is 14.8. The van der Waals surface area contributed by atoms with E-state index in [9.17, 15) is 8.42 Å². The molecular weight excluding hydrogens is 284 g/mol. The Labute approximate surface area is 116 Å². The third-order valence-corrected chi connectivity index (χ3v) is 4.44. The van der Waals surface area contributed by atoms with Crippen LogP contribution in [0.4, 0.5) is 0 Å². The van der Waals surface area contributed by atoms with Crippen molar-refractivity contribution < 1.29 is 13.5 Å². The normalized spacial score (nSPS) is 11.9. The standard InChI is InChI=1S/C10H16N6O3S/c1-3-16-6-11-15-9(16)4-12-20(18,19)10-7(2)13-14-8(10)5-17/h6,12,17H,3-5H2,1-2H3,(H,13,14). The van der Waals surface area contributed by atoms with Crippen LogP contribution in [-0.2, 0) is 29.7 Å². The van der Waals surface area contributed by atoms with E-state index >= 15 is 0 Å². The van der Waals surface area contributed by atoms with Gasteiger partial charge in [-0.15, -0.1) is 10.2 Å². The summed E-state index contributed by atoms with van der Waals surface area (Å²) >= 11 is 0. The summed E-state index contributed by atoms with van der Waals surface area (Å²) in [5.74, 6) is 0.516. The molecule has 0 saturated carbocycles. The average molecular weight is 300 g/mol. The van der Waals surface area contributed by atoms with Gasteiger partial charge in [-0.05, 0) is 13.8 Å². The molecule has 0 radical (unpaired) electrons. The molecule has 0 saturated heterocycles. The van der Waals surface area contributed by atoms with Crippen molar-refractivity contribution in [2.24, 2.45) is 0 Å². The van der Waals surface area contributed by atoms with Crippen molar-refractivity contribution in [3.05, 3.63) is 23.5 Å². The smallest absolute Gasteiger partial charge is 0.244 e. The Hall–Kier alpha value is -1.78. The number of aryl methyl sites for hydroxylation is 2. The highest BCUT2D eigenvalue weighted by molar-refractivity contribution is 7.89. The summed E-state index contributed by atoms with van der Waals surface area (Å²) in [6.07, 6.45) is 1.53. The molecule has 110 valence electrons. The van der Waals surface area contributed by atoms with Crippen LogP contribution in [0.5, 0.6) is 0 Å². The molecule has 0 aliphatic heterocycles. The minimum absolute atomic E-state index is 0.0195. The van der Waals surface area contributed by atoms with Crippen molar-refractivity contribution in [3.8, 4) is 0 Å². The first-order valence-corrected chi connectivity index (χ1v) is 7.49. The third-order valence-electron chi connectivity index (χ3n) is 2.84. The molecule has 0 aliphatic rings. The van der Waals surface area contributed by atoms with Gasteiger partial charge in [0.1, 0.15) is 22.7 Å². The summed E-state index contributed by atoms with van der Waals surface area (Å²) in [6, 6.07) is 0. The largest absolute Gasteiger partial charge is 0.390 e. The number of sulfonamides is 1. The van der Waals surface area contributed by atoms with E-state index in [4.69, 9.17) is 5.11 Å². The van der Waals surface area contributed by atoms with Gasteiger partial charge < -0.3 is 9.67 Å². The predicted molar refractivity (Wildman–Crippen MR) is 69.0 cm³/mol. The maximum absolute atomic E-state index is 12.2. The second-order valence-corrected chi connectivity index (χ2v) is 5.84. The topological polar surface area (TPSA) is 126 Å². The minimum Gasteiger partial charge on any atom is -0.390 e. The zero-order valence-corrected chi connectivity index (χ0v) is 12.0. The maximum Gasteiger partial charge on any atom is 0.244 e. The first-order valence-electron chi connectivity index (χ1n) is 6.00. The molecule has 2 aromatic heterocycles. The fourth-order valence-electron chi connectivity index (χ4n) is 1.84. The number of hydrogen-bond donors (Lipinski definition) is 3. The van der Waals surface area contributed by atoms with Crippen LogP contribution in [0, 0.1) is 6.92 Å². The van der Waals surface area contributed by atoms with E-state index in [-0.39, 0.29) is 17.1 Å². The van der Waals surface area contributed by atoms with Crippen LogP contribution >= 0.6 is 0 Å². The predicted octanol–water partition coefficient (Wildman–Crippen LogP) is -0.700.